The van der Waals surface area contributed by atoms with Crippen LogP contribution in [0.25, 0.3) is 0 Å². The van der Waals surface area contributed by atoms with Gasteiger partial charge in [-0.05, 0) is 61.2 Å². The molecule has 2 fully saturated rings. The maximum absolute atomic E-state index is 2.82. The normalized spacial score (nSPS) is 25.9. The summed E-state index contributed by atoms with van der Waals surface area (Å²) >= 11 is 1.87. The van der Waals surface area contributed by atoms with E-state index in [1.54, 1.807) is 5.56 Å². The van der Waals surface area contributed by atoms with Crippen LogP contribution in [0.4, 0.5) is 0 Å². The summed E-state index contributed by atoms with van der Waals surface area (Å²) in [6.07, 6.45) is 11.3. The van der Waals surface area contributed by atoms with Gasteiger partial charge < -0.3 is 0 Å². The molecule has 1 aliphatic heterocycles. The van der Waals surface area contributed by atoms with E-state index in [1.807, 2.05) is 11.3 Å². The number of likely N-dealkylation sites (tertiary alicyclic amines) is 1. The molecule has 1 aliphatic carbocycles. The average molecular weight is 249 g/mol. The van der Waals surface area contributed by atoms with Crippen molar-refractivity contribution in [3.8, 4) is 0 Å². The van der Waals surface area contributed by atoms with Gasteiger partial charge in [0.25, 0.3) is 0 Å². The van der Waals surface area contributed by atoms with Crippen LogP contribution in [-0.4, -0.2) is 18.0 Å². The monoisotopic (exact) mass is 249 g/mol. The molecule has 3 rings (SSSR count). The summed E-state index contributed by atoms with van der Waals surface area (Å²) in [7, 11) is 0. The molecule has 0 unspecified atom stereocenters. The topological polar surface area (TPSA) is 3.24 Å². The van der Waals surface area contributed by atoms with Gasteiger partial charge in [0.15, 0.2) is 0 Å². The van der Waals surface area contributed by atoms with Gasteiger partial charge in [-0.2, -0.15) is 11.3 Å². The van der Waals surface area contributed by atoms with Gasteiger partial charge in [0, 0.05) is 5.54 Å². The van der Waals surface area contributed by atoms with Gasteiger partial charge >= 0.3 is 0 Å². The van der Waals surface area contributed by atoms with E-state index in [9.17, 15) is 0 Å². The lowest BCUT2D eigenvalue weighted by Crippen LogP contribution is -2.49. The first kappa shape index (κ1) is 11.7. The van der Waals surface area contributed by atoms with Crippen LogP contribution in [0, 0.1) is 0 Å². The number of piperidine rings is 1. The van der Waals surface area contributed by atoms with E-state index in [1.165, 1.54) is 64.5 Å². The van der Waals surface area contributed by atoms with E-state index in [0.717, 1.165) is 0 Å². The molecule has 1 aromatic rings. The minimum absolute atomic E-state index is 0.415. The molecule has 2 heteroatoms. The summed E-state index contributed by atoms with van der Waals surface area (Å²) in [6.45, 7) is 2.66. The fraction of sp³-hybridized carbons (Fsp3) is 0.733. The third-order valence-corrected chi connectivity index (χ3v) is 5.38. The maximum Gasteiger partial charge on any atom is 0.0468 e. The lowest BCUT2D eigenvalue weighted by atomic mass is 9.75. The molecule has 1 saturated heterocycles. The quantitative estimate of drug-likeness (QED) is 0.751. The molecular weight excluding hydrogens is 226 g/mol. The SMILES string of the molecule is c1cc(C2(N3CCCCC3)CCCCC2)cs1. The van der Waals surface area contributed by atoms with Gasteiger partial charge in [-0.1, -0.05) is 25.7 Å². The Morgan fingerprint density at radius 3 is 2.29 bits per heavy atom. The fourth-order valence-electron chi connectivity index (χ4n) is 3.78. The second-order valence-corrected chi connectivity index (χ2v) is 6.43. The Kier molecular flexibility index (Phi) is 3.53. The smallest absolute Gasteiger partial charge is 0.0468 e. The molecule has 0 spiro atoms. The number of nitrogens with zero attached hydrogens (tertiary/aromatic N) is 1. The highest BCUT2D eigenvalue weighted by molar-refractivity contribution is 7.08. The van der Waals surface area contributed by atoms with Gasteiger partial charge in [0.05, 0.1) is 0 Å². The zero-order valence-corrected chi connectivity index (χ0v) is 11.5. The summed E-state index contributed by atoms with van der Waals surface area (Å²) in [5, 5.41) is 4.66. The molecular formula is C15H23NS. The van der Waals surface area contributed by atoms with Crippen LogP contribution in [0.5, 0.6) is 0 Å². The lowest BCUT2D eigenvalue weighted by Gasteiger charge is -2.48. The minimum Gasteiger partial charge on any atom is -0.294 e. The van der Waals surface area contributed by atoms with E-state index < -0.39 is 0 Å². The van der Waals surface area contributed by atoms with Gasteiger partial charge in [-0.3, -0.25) is 4.90 Å². The number of rotatable bonds is 2. The van der Waals surface area contributed by atoms with E-state index in [2.05, 4.69) is 21.7 Å². The predicted molar refractivity (Wildman–Crippen MR) is 74.5 cm³/mol. The molecule has 0 N–H and O–H groups in total. The molecule has 17 heavy (non-hydrogen) atoms. The van der Waals surface area contributed by atoms with E-state index in [0.29, 0.717) is 5.54 Å². The fourth-order valence-corrected chi connectivity index (χ4v) is 4.52. The Morgan fingerprint density at radius 2 is 1.65 bits per heavy atom. The van der Waals surface area contributed by atoms with E-state index in [-0.39, 0.29) is 0 Å². The first-order valence-electron chi connectivity index (χ1n) is 7.20. The second kappa shape index (κ2) is 5.11. The van der Waals surface area contributed by atoms with Gasteiger partial charge in [-0.15, -0.1) is 0 Å². The first-order valence-corrected chi connectivity index (χ1v) is 8.14. The van der Waals surface area contributed by atoms with Gasteiger partial charge in [0.2, 0.25) is 0 Å². The van der Waals surface area contributed by atoms with Gasteiger partial charge in [0.1, 0.15) is 0 Å². The van der Waals surface area contributed by atoms with Gasteiger partial charge in [-0.25, -0.2) is 0 Å². The van der Waals surface area contributed by atoms with Crippen molar-refractivity contribution in [3.05, 3.63) is 22.4 Å². The first-order chi connectivity index (χ1) is 8.42. The number of thiophene rings is 1. The van der Waals surface area contributed by atoms with Crippen LogP contribution in [-0.2, 0) is 5.54 Å². The standard InChI is InChI=1S/C15H23NS/c1-3-8-15(9-4-1,14-7-12-17-13-14)16-10-5-2-6-11-16/h7,12-13H,1-6,8-11H2. The zero-order chi connectivity index (χ0) is 11.6. The molecule has 94 valence electrons. The predicted octanol–water partition coefficient (Wildman–Crippen LogP) is 4.39. The lowest BCUT2D eigenvalue weighted by molar-refractivity contribution is 0.0307. The summed E-state index contributed by atoms with van der Waals surface area (Å²) in [5.74, 6) is 0. The Balaban J connectivity index is 1.89. The van der Waals surface area contributed by atoms with Crippen molar-refractivity contribution in [2.75, 3.05) is 13.1 Å². The molecule has 0 atom stereocenters. The second-order valence-electron chi connectivity index (χ2n) is 5.65. The van der Waals surface area contributed by atoms with Crippen LogP contribution in [0.2, 0.25) is 0 Å². The van der Waals surface area contributed by atoms with E-state index in [4.69, 9.17) is 0 Å². The summed E-state index contributed by atoms with van der Waals surface area (Å²) in [4.78, 5) is 2.82. The highest BCUT2D eigenvalue weighted by Crippen LogP contribution is 2.44. The molecule has 1 aromatic heterocycles. The molecule has 2 heterocycles. The molecule has 0 amide bonds. The Bertz CT molecular complexity index is 332. The molecule has 0 bridgehead atoms. The van der Waals surface area contributed by atoms with Crippen molar-refractivity contribution in [1.82, 2.24) is 4.90 Å². The number of hydrogen-bond acceptors (Lipinski definition) is 2. The maximum atomic E-state index is 2.82. The molecule has 1 nitrogen and oxygen atoms in total. The molecule has 0 radical (unpaired) electrons. The third kappa shape index (κ3) is 2.17. The highest BCUT2D eigenvalue weighted by atomic mass is 32.1. The highest BCUT2D eigenvalue weighted by Gasteiger charge is 2.39. The zero-order valence-electron chi connectivity index (χ0n) is 10.7. The van der Waals surface area contributed by atoms with Crippen molar-refractivity contribution < 1.29 is 0 Å². The summed E-state index contributed by atoms with van der Waals surface area (Å²) in [5.41, 5.74) is 2.03. The Morgan fingerprint density at radius 1 is 0.941 bits per heavy atom. The molecule has 0 aromatic carbocycles. The van der Waals surface area contributed by atoms with Crippen molar-refractivity contribution >= 4 is 11.3 Å². The Hall–Kier alpha value is -0.340. The number of hydrogen-bond donors (Lipinski definition) is 0. The minimum atomic E-state index is 0.415. The van der Waals surface area contributed by atoms with E-state index >= 15 is 0 Å². The van der Waals surface area contributed by atoms with Crippen molar-refractivity contribution in [2.24, 2.45) is 0 Å². The molecule has 2 aliphatic rings. The summed E-state index contributed by atoms with van der Waals surface area (Å²) < 4.78 is 0. The van der Waals surface area contributed by atoms with Crippen molar-refractivity contribution in [2.45, 2.75) is 56.9 Å². The van der Waals surface area contributed by atoms with Crippen LogP contribution in [0.3, 0.4) is 0 Å². The van der Waals surface area contributed by atoms with Crippen LogP contribution < -0.4 is 0 Å². The Labute approximate surface area is 109 Å². The molecule has 1 saturated carbocycles. The average Bonchev–Trinajstić information content (AvgIpc) is 2.95. The van der Waals surface area contributed by atoms with Crippen LogP contribution in [0.1, 0.15) is 56.9 Å². The summed E-state index contributed by atoms with van der Waals surface area (Å²) in [6, 6.07) is 2.38. The van der Waals surface area contributed by atoms with Crippen molar-refractivity contribution in [3.63, 3.8) is 0 Å². The van der Waals surface area contributed by atoms with Crippen LogP contribution in [0.15, 0.2) is 16.8 Å². The third-order valence-electron chi connectivity index (χ3n) is 4.70. The van der Waals surface area contributed by atoms with Crippen molar-refractivity contribution in [1.29, 1.82) is 0 Å². The largest absolute Gasteiger partial charge is 0.294 e. The van der Waals surface area contributed by atoms with Crippen LogP contribution >= 0.6 is 11.3 Å².